The quantitative estimate of drug-likeness (QED) is 0.520. The van der Waals surface area contributed by atoms with Gasteiger partial charge in [0.15, 0.2) is 0 Å². The Morgan fingerprint density at radius 3 is 2.89 bits per heavy atom. The third-order valence-electron chi connectivity index (χ3n) is 2.27. The Kier molecular flexibility index (Phi) is 6.75. The molecule has 0 saturated heterocycles. The van der Waals surface area contributed by atoms with Crippen molar-refractivity contribution in [1.29, 1.82) is 0 Å². The molecule has 2 N–H and O–H groups in total. The number of aromatic nitrogens is 1. The Balaban J connectivity index is 2.32. The van der Waals surface area contributed by atoms with Crippen LogP contribution in [0.5, 0.6) is 0 Å². The largest absolute Gasteiger partial charge is 0.464 e. The second-order valence-electron chi connectivity index (χ2n) is 3.59. The zero-order valence-electron chi connectivity index (χ0n) is 10.7. The van der Waals surface area contributed by atoms with Gasteiger partial charge in [-0.25, -0.2) is 9.78 Å². The highest BCUT2D eigenvalue weighted by Crippen LogP contribution is 2.08. The number of pyridine rings is 1. The Hall–Kier alpha value is -1.66. The van der Waals surface area contributed by atoms with Crippen molar-refractivity contribution in [3.8, 4) is 0 Å². The van der Waals surface area contributed by atoms with E-state index in [0.717, 1.165) is 25.3 Å². The van der Waals surface area contributed by atoms with Crippen LogP contribution in [0.15, 0.2) is 18.3 Å². The fraction of sp³-hybridized carbons (Fsp3) is 0.500. The minimum Gasteiger partial charge on any atom is -0.464 e. The maximum Gasteiger partial charge on any atom is 0.356 e. The Bertz CT molecular complexity index is 371. The average Bonchev–Trinajstić information content (AvgIpc) is 2.42. The van der Waals surface area contributed by atoms with Gasteiger partial charge in [0, 0.05) is 38.6 Å². The van der Waals surface area contributed by atoms with Gasteiger partial charge in [-0.1, -0.05) is 0 Å². The molecule has 100 valence electrons. The molecule has 0 fully saturated rings. The number of ether oxygens (including phenoxy) is 2. The Morgan fingerprint density at radius 1 is 1.33 bits per heavy atom. The summed E-state index contributed by atoms with van der Waals surface area (Å²) in [6.45, 7) is 3.09. The first-order valence-electron chi connectivity index (χ1n) is 5.76. The molecule has 0 unspecified atom stereocenters. The van der Waals surface area contributed by atoms with Crippen molar-refractivity contribution in [3.63, 3.8) is 0 Å². The molecule has 6 heteroatoms. The molecule has 6 nitrogen and oxygen atoms in total. The van der Waals surface area contributed by atoms with Crippen LogP contribution in [0.2, 0.25) is 0 Å². The van der Waals surface area contributed by atoms with Gasteiger partial charge in [-0.15, -0.1) is 0 Å². The average molecular weight is 253 g/mol. The topological polar surface area (TPSA) is 72.5 Å². The first kappa shape index (κ1) is 14.4. The first-order chi connectivity index (χ1) is 8.77. The van der Waals surface area contributed by atoms with Crippen molar-refractivity contribution in [3.05, 3.63) is 24.0 Å². The van der Waals surface area contributed by atoms with Gasteiger partial charge in [0.25, 0.3) is 0 Å². The van der Waals surface area contributed by atoms with E-state index < -0.39 is 5.97 Å². The van der Waals surface area contributed by atoms with Gasteiger partial charge in [-0.05, 0) is 12.1 Å². The van der Waals surface area contributed by atoms with Gasteiger partial charge in [0.1, 0.15) is 5.69 Å². The minimum absolute atomic E-state index is 0.301. The molecule has 0 aromatic carbocycles. The summed E-state index contributed by atoms with van der Waals surface area (Å²) in [5.41, 5.74) is 1.15. The van der Waals surface area contributed by atoms with Crippen LogP contribution in [-0.2, 0) is 9.47 Å². The molecule has 0 aliphatic carbocycles. The Morgan fingerprint density at radius 2 is 2.17 bits per heavy atom. The zero-order chi connectivity index (χ0) is 13.2. The molecule has 0 bridgehead atoms. The van der Waals surface area contributed by atoms with E-state index in [4.69, 9.17) is 4.74 Å². The lowest BCUT2D eigenvalue weighted by Crippen LogP contribution is -2.25. The van der Waals surface area contributed by atoms with Gasteiger partial charge in [-0.3, -0.25) is 0 Å². The van der Waals surface area contributed by atoms with Gasteiger partial charge < -0.3 is 20.1 Å². The van der Waals surface area contributed by atoms with Crippen LogP contribution in [0.3, 0.4) is 0 Å². The fourth-order valence-electron chi connectivity index (χ4n) is 1.35. The predicted molar refractivity (Wildman–Crippen MR) is 68.8 cm³/mol. The molecule has 18 heavy (non-hydrogen) atoms. The summed E-state index contributed by atoms with van der Waals surface area (Å²) in [6, 6.07) is 3.47. The normalized spacial score (nSPS) is 10.1. The lowest BCUT2D eigenvalue weighted by Gasteiger charge is -2.08. The highest BCUT2D eigenvalue weighted by atomic mass is 16.5. The molecule has 1 heterocycles. The molecule has 1 aromatic heterocycles. The predicted octanol–water partition coefficient (Wildman–Crippen LogP) is 0.516. The van der Waals surface area contributed by atoms with Crippen molar-refractivity contribution >= 4 is 11.7 Å². The number of hydrogen-bond donors (Lipinski definition) is 2. The van der Waals surface area contributed by atoms with E-state index in [1.807, 2.05) is 6.07 Å². The van der Waals surface area contributed by atoms with Gasteiger partial charge in [0.2, 0.25) is 0 Å². The summed E-state index contributed by atoms with van der Waals surface area (Å²) >= 11 is 0. The number of nitrogens with zero attached hydrogens (tertiary/aromatic N) is 1. The fourth-order valence-corrected chi connectivity index (χ4v) is 1.35. The molecule has 0 spiro atoms. The summed E-state index contributed by atoms with van der Waals surface area (Å²) < 4.78 is 9.52. The summed E-state index contributed by atoms with van der Waals surface area (Å²) in [4.78, 5) is 15.2. The number of carbonyl (C=O) groups is 1. The van der Waals surface area contributed by atoms with Crippen LogP contribution in [0.25, 0.3) is 0 Å². The number of hydrogen-bond acceptors (Lipinski definition) is 6. The maximum atomic E-state index is 11.3. The van der Waals surface area contributed by atoms with Gasteiger partial charge >= 0.3 is 5.97 Å². The van der Waals surface area contributed by atoms with Crippen molar-refractivity contribution in [2.75, 3.05) is 45.8 Å². The standard InChI is InChI=1S/C12H19N3O3/c1-17-8-7-13-5-6-14-10-3-4-15-11(9-10)12(16)18-2/h3-4,9,13H,5-8H2,1-2H3,(H,14,15). The van der Waals surface area contributed by atoms with Crippen LogP contribution in [0.1, 0.15) is 10.5 Å². The molecular formula is C12H19N3O3. The molecule has 1 aromatic rings. The van der Waals surface area contributed by atoms with E-state index in [-0.39, 0.29) is 0 Å². The number of nitrogens with one attached hydrogen (secondary N) is 2. The summed E-state index contributed by atoms with van der Waals surface area (Å²) in [5, 5.41) is 6.40. The van der Waals surface area contributed by atoms with E-state index in [1.54, 1.807) is 19.4 Å². The number of methoxy groups -OCH3 is 2. The second-order valence-corrected chi connectivity index (χ2v) is 3.59. The third-order valence-corrected chi connectivity index (χ3v) is 2.27. The van der Waals surface area contributed by atoms with E-state index in [1.165, 1.54) is 7.11 Å². The third kappa shape index (κ3) is 5.11. The van der Waals surface area contributed by atoms with Gasteiger partial charge in [0.05, 0.1) is 13.7 Å². The lowest BCUT2D eigenvalue weighted by molar-refractivity contribution is 0.0594. The van der Waals surface area contributed by atoms with Crippen LogP contribution in [-0.4, -0.2) is 51.4 Å². The lowest BCUT2D eigenvalue weighted by atomic mass is 10.3. The number of esters is 1. The molecule has 0 saturated carbocycles. The molecular weight excluding hydrogens is 234 g/mol. The SMILES string of the molecule is COCCNCCNc1ccnc(C(=O)OC)c1. The summed E-state index contributed by atoms with van der Waals surface area (Å²) in [6.07, 6.45) is 1.58. The van der Waals surface area contributed by atoms with E-state index >= 15 is 0 Å². The molecule has 0 radical (unpaired) electrons. The molecule has 0 aliphatic heterocycles. The number of rotatable bonds is 8. The summed E-state index contributed by atoms with van der Waals surface area (Å²) in [5.74, 6) is -0.433. The van der Waals surface area contributed by atoms with E-state index in [0.29, 0.717) is 12.3 Å². The van der Waals surface area contributed by atoms with Crippen LogP contribution >= 0.6 is 0 Å². The minimum atomic E-state index is -0.433. The molecule has 0 amide bonds. The van der Waals surface area contributed by atoms with Crippen LogP contribution in [0, 0.1) is 0 Å². The van der Waals surface area contributed by atoms with Crippen molar-refractivity contribution in [1.82, 2.24) is 10.3 Å². The second kappa shape index (κ2) is 8.43. The van der Waals surface area contributed by atoms with Crippen molar-refractivity contribution in [2.24, 2.45) is 0 Å². The smallest absolute Gasteiger partial charge is 0.356 e. The highest BCUT2D eigenvalue weighted by molar-refractivity contribution is 5.88. The van der Waals surface area contributed by atoms with E-state index in [9.17, 15) is 4.79 Å². The monoisotopic (exact) mass is 253 g/mol. The van der Waals surface area contributed by atoms with E-state index in [2.05, 4.69) is 20.4 Å². The van der Waals surface area contributed by atoms with Crippen LogP contribution in [0.4, 0.5) is 5.69 Å². The van der Waals surface area contributed by atoms with Gasteiger partial charge in [-0.2, -0.15) is 0 Å². The first-order valence-corrected chi connectivity index (χ1v) is 5.76. The summed E-state index contributed by atoms with van der Waals surface area (Å²) in [7, 11) is 3.01. The maximum absolute atomic E-state index is 11.3. The zero-order valence-corrected chi connectivity index (χ0v) is 10.7. The Labute approximate surface area is 107 Å². The number of carbonyl (C=O) groups excluding carboxylic acids is 1. The number of anilines is 1. The van der Waals surface area contributed by atoms with Crippen molar-refractivity contribution in [2.45, 2.75) is 0 Å². The molecule has 1 rings (SSSR count). The molecule has 0 atom stereocenters. The van der Waals surface area contributed by atoms with Crippen LogP contribution < -0.4 is 10.6 Å². The van der Waals surface area contributed by atoms with Crippen molar-refractivity contribution < 1.29 is 14.3 Å². The molecule has 0 aliphatic rings. The highest BCUT2D eigenvalue weighted by Gasteiger charge is 2.06.